The Labute approximate surface area is 220 Å². The number of carbonyl (C=O) groups is 1. The van der Waals surface area contributed by atoms with Gasteiger partial charge >= 0.3 is 5.97 Å². The minimum atomic E-state index is -2.27. The van der Waals surface area contributed by atoms with Crippen LogP contribution in [0.15, 0.2) is 60.7 Å². The first-order chi connectivity index (χ1) is 17.1. The van der Waals surface area contributed by atoms with Crippen LogP contribution in [0.5, 0.6) is 0 Å². The lowest BCUT2D eigenvalue weighted by Crippen LogP contribution is -2.65. The van der Waals surface area contributed by atoms with Crippen LogP contribution in [0.2, 0.25) is 18.1 Å². The van der Waals surface area contributed by atoms with Crippen LogP contribution in [0.1, 0.15) is 49.9 Å². The van der Waals surface area contributed by atoms with Crippen molar-refractivity contribution in [1.29, 1.82) is 0 Å². The second kappa shape index (κ2) is 11.4. The highest BCUT2D eigenvalue weighted by atomic mass is 32.2. The molecule has 2 aromatic rings. The number of fused-ring (bicyclic) bond motifs is 1. The van der Waals surface area contributed by atoms with Crippen LogP contribution in [0.3, 0.4) is 0 Å². The van der Waals surface area contributed by atoms with E-state index in [1.807, 2.05) is 48.5 Å². The van der Waals surface area contributed by atoms with E-state index in [0.29, 0.717) is 12.2 Å². The number of thioether (sulfide) groups is 1. The molecule has 2 saturated heterocycles. The topological polar surface area (TPSA) is 63.2 Å². The maximum absolute atomic E-state index is 13.2. The van der Waals surface area contributed by atoms with E-state index >= 15 is 0 Å². The van der Waals surface area contributed by atoms with Crippen LogP contribution in [-0.4, -0.2) is 56.5 Å². The number of benzene rings is 2. The van der Waals surface area contributed by atoms with Gasteiger partial charge < -0.3 is 23.4 Å². The number of ether oxygens (including phenoxy) is 4. The normalized spacial score (nSPS) is 28.8. The van der Waals surface area contributed by atoms with Gasteiger partial charge in [0.15, 0.2) is 20.7 Å². The number of esters is 1. The van der Waals surface area contributed by atoms with Crippen LogP contribution in [0, 0.1) is 0 Å². The first-order valence-electron chi connectivity index (χ1n) is 12.6. The molecule has 8 heteroatoms. The van der Waals surface area contributed by atoms with Crippen molar-refractivity contribution < 1.29 is 28.2 Å². The fraction of sp³-hybridized carbons (Fsp3) is 0.536. The standard InChI is InChI=1S/C28H38O6SSi/c1-7-35-27-24(32-25(29)19-14-10-8-11-15-19)23(34-36(5,6)28(2,3)4)22-21(31-27)18-30-26(33-22)20-16-12-9-13-17-20/h8-17,21-24,26-27H,7,18H2,1-6H3/t21-,22-,23+,24-,26?,27+/m1/s1. The molecule has 0 aliphatic carbocycles. The van der Waals surface area contributed by atoms with E-state index in [2.05, 4.69) is 40.8 Å². The average Bonchev–Trinajstić information content (AvgIpc) is 2.86. The Kier molecular flexibility index (Phi) is 8.64. The van der Waals surface area contributed by atoms with E-state index < -0.39 is 32.9 Å². The van der Waals surface area contributed by atoms with Gasteiger partial charge in [0.05, 0.1) is 12.2 Å². The van der Waals surface area contributed by atoms with Crippen molar-refractivity contribution in [2.75, 3.05) is 12.4 Å². The van der Waals surface area contributed by atoms with Crippen molar-refractivity contribution in [3.63, 3.8) is 0 Å². The van der Waals surface area contributed by atoms with E-state index in [9.17, 15) is 4.79 Å². The van der Waals surface area contributed by atoms with Gasteiger partial charge in [0.25, 0.3) is 0 Å². The van der Waals surface area contributed by atoms with Crippen LogP contribution >= 0.6 is 11.8 Å². The molecule has 36 heavy (non-hydrogen) atoms. The fourth-order valence-corrected chi connectivity index (χ4v) is 6.42. The molecule has 0 spiro atoms. The zero-order valence-electron chi connectivity index (χ0n) is 22.0. The van der Waals surface area contributed by atoms with Crippen molar-refractivity contribution in [1.82, 2.24) is 0 Å². The quantitative estimate of drug-likeness (QED) is 0.312. The summed E-state index contributed by atoms with van der Waals surface area (Å²) < 4.78 is 32.3. The second-order valence-electron chi connectivity index (χ2n) is 10.8. The summed E-state index contributed by atoms with van der Waals surface area (Å²) in [7, 11) is -2.27. The zero-order chi connectivity index (χ0) is 25.9. The summed E-state index contributed by atoms with van der Waals surface area (Å²) in [6, 6.07) is 18.9. The predicted molar refractivity (Wildman–Crippen MR) is 145 cm³/mol. The Hall–Kier alpha value is -1.68. The SMILES string of the molecule is CCS[C@@H]1O[C@@H]2COC(c3ccccc3)O[C@H]2[C@H](O[Si](C)(C)C(C)(C)C)[C@H]1OC(=O)c1ccccc1. The van der Waals surface area contributed by atoms with Crippen molar-refractivity contribution in [2.24, 2.45) is 0 Å². The Balaban J connectivity index is 1.68. The lowest BCUT2D eigenvalue weighted by atomic mass is 9.98. The molecular weight excluding hydrogens is 492 g/mol. The minimum absolute atomic E-state index is 0.0355. The summed E-state index contributed by atoms with van der Waals surface area (Å²) in [5, 5.41) is -0.0355. The summed E-state index contributed by atoms with van der Waals surface area (Å²) in [5.41, 5.74) is 1.05. The van der Waals surface area contributed by atoms with Gasteiger partial charge in [-0.1, -0.05) is 76.2 Å². The maximum Gasteiger partial charge on any atom is 0.338 e. The van der Waals surface area contributed by atoms with Gasteiger partial charge in [0, 0.05) is 5.56 Å². The average molecular weight is 531 g/mol. The van der Waals surface area contributed by atoms with Crippen molar-refractivity contribution >= 4 is 26.0 Å². The molecular formula is C28H38O6SSi. The Morgan fingerprint density at radius 3 is 2.25 bits per heavy atom. The molecule has 196 valence electrons. The third-order valence-electron chi connectivity index (χ3n) is 7.18. The summed E-state index contributed by atoms with van der Waals surface area (Å²) in [5.74, 6) is 0.419. The number of hydrogen-bond acceptors (Lipinski definition) is 7. The van der Waals surface area contributed by atoms with E-state index in [-0.39, 0.29) is 22.5 Å². The number of hydrogen-bond donors (Lipinski definition) is 0. The molecule has 6 nitrogen and oxygen atoms in total. The van der Waals surface area contributed by atoms with E-state index in [4.69, 9.17) is 23.4 Å². The van der Waals surface area contributed by atoms with Gasteiger partial charge in [-0.3, -0.25) is 0 Å². The van der Waals surface area contributed by atoms with Crippen LogP contribution in [0.4, 0.5) is 0 Å². The summed E-state index contributed by atoms with van der Waals surface area (Å²) in [6.07, 6.45) is -2.43. The molecule has 2 aromatic carbocycles. The Morgan fingerprint density at radius 1 is 1.00 bits per heavy atom. The molecule has 0 amide bonds. The Bertz CT molecular complexity index is 996. The highest BCUT2D eigenvalue weighted by molar-refractivity contribution is 7.99. The molecule has 2 aliphatic heterocycles. The molecule has 0 N–H and O–H groups in total. The van der Waals surface area contributed by atoms with Crippen molar-refractivity contribution in [3.05, 3.63) is 71.8 Å². The molecule has 0 aromatic heterocycles. The molecule has 4 rings (SSSR count). The van der Waals surface area contributed by atoms with E-state index in [1.165, 1.54) is 0 Å². The minimum Gasteiger partial charge on any atom is -0.452 e. The molecule has 2 aliphatic rings. The highest BCUT2D eigenvalue weighted by Gasteiger charge is 2.55. The molecule has 0 saturated carbocycles. The zero-order valence-corrected chi connectivity index (χ0v) is 23.8. The van der Waals surface area contributed by atoms with E-state index in [1.54, 1.807) is 23.9 Å². The van der Waals surface area contributed by atoms with Crippen molar-refractivity contribution in [2.45, 2.75) is 82.0 Å². The van der Waals surface area contributed by atoms with Crippen molar-refractivity contribution in [3.8, 4) is 0 Å². The first-order valence-corrected chi connectivity index (χ1v) is 16.6. The summed E-state index contributed by atoms with van der Waals surface area (Å²) in [6.45, 7) is 13.5. The largest absolute Gasteiger partial charge is 0.452 e. The molecule has 2 fully saturated rings. The second-order valence-corrected chi connectivity index (χ2v) is 16.9. The molecule has 6 atom stereocenters. The summed E-state index contributed by atoms with van der Waals surface area (Å²) >= 11 is 1.61. The van der Waals surface area contributed by atoms with Gasteiger partial charge in [-0.2, -0.15) is 0 Å². The Morgan fingerprint density at radius 2 is 1.64 bits per heavy atom. The van der Waals surface area contributed by atoms with E-state index in [0.717, 1.165) is 11.3 Å². The van der Waals surface area contributed by atoms with Crippen LogP contribution in [0.25, 0.3) is 0 Å². The molecule has 2 heterocycles. The van der Waals surface area contributed by atoms with Gasteiger partial charge in [-0.05, 0) is 36.0 Å². The lowest BCUT2D eigenvalue weighted by Gasteiger charge is -2.51. The van der Waals surface area contributed by atoms with Gasteiger partial charge in [0.2, 0.25) is 0 Å². The van der Waals surface area contributed by atoms with Gasteiger partial charge in [-0.25, -0.2) is 4.79 Å². The third-order valence-corrected chi connectivity index (χ3v) is 12.7. The number of carbonyl (C=O) groups excluding carboxylic acids is 1. The van der Waals surface area contributed by atoms with Crippen LogP contribution in [-0.2, 0) is 23.4 Å². The van der Waals surface area contributed by atoms with Crippen LogP contribution < -0.4 is 0 Å². The monoisotopic (exact) mass is 530 g/mol. The number of rotatable bonds is 7. The van der Waals surface area contributed by atoms with Gasteiger partial charge in [0.1, 0.15) is 23.7 Å². The maximum atomic E-state index is 13.2. The predicted octanol–water partition coefficient (Wildman–Crippen LogP) is 6.19. The third kappa shape index (κ3) is 6.06. The molecule has 0 radical (unpaired) electrons. The highest BCUT2D eigenvalue weighted by Crippen LogP contribution is 2.44. The lowest BCUT2D eigenvalue weighted by molar-refractivity contribution is -0.315. The fourth-order valence-electron chi connectivity index (χ4n) is 4.17. The van der Waals surface area contributed by atoms with Gasteiger partial charge in [-0.15, -0.1) is 11.8 Å². The molecule has 1 unspecified atom stereocenters. The smallest absolute Gasteiger partial charge is 0.338 e. The molecule has 0 bridgehead atoms. The summed E-state index contributed by atoms with van der Waals surface area (Å²) in [4.78, 5) is 13.2. The first kappa shape index (κ1) is 27.4.